The SMILES string of the molecule is CCCNC(c1ccc(Br)o1)c1ccc(F)c(F)c1F. The number of nitrogens with one attached hydrogen (secondary N) is 1. The Morgan fingerprint density at radius 3 is 2.50 bits per heavy atom. The van der Waals surface area contributed by atoms with Crippen molar-refractivity contribution in [2.24, 2.45) is 0 Å². The molecule has 1 heterocycles. The summed E-state index contributed by atoms with van der Waals surface area (Å²) in [5, 5.41) is 3.06. The second-order valence-electron chi connectivity index (χ2n) is 4.29. The van der Waals surface area contributed by atoms with Crippen LogP contribution in [0, 0.1) is 17.5 Å². The first-order valence-corrected chi connectivity index (χ1v) is 6.96. The van der Waals surface area contributed by atoms with E-state index in [2.05, 4.69) is 21.2 Å². The normalized spacial score (nSPS) is 12.7. The maximum Gasteiger partial charge on any atom is 0.194 e. The van der Waals surface area contributed by atoms with Crippen molar-refractivity contribution in [3.05, 3.63) is 57.7 Å². The van der Waals surface area contributed by atoms with Gasteiger partial charge in [-0.3, -0.25) is 0 Å². The molecule has 1 aromatic carbocycles. The van der Waals surface area contributed by atoms with Gasteiger partial charge in [-0.15, -0.1) is 0 Å². The molecule has 6 heteroatoms. The molecule has 1 atom stereocenters. The standard InChI is InChI=1S/C14H13BrF3NO/c1-2-7-19-14(10-5-6-11(15)20-10)8-3-4-9(16)13(18)12(8)17/h3-6,14,19H,2,7H2,1H3. The molecule has 2 aromatic rings. The van der Waals surface area contributed by atoms with Gasteiger partial charge in [0, 0.05) is 5.56 Å². The van der Waals surface area contributed by atoms with Crippen molar-refractivity contribution in [3.63, 3.8) is 0 Å². The van der Waals surface area contributed by atoms with Crippen molar-refractivity contribution in [2.75, 3.05) is 6.54 Å². The Morgan fingerprint density at radius 2 is 1.90 bits per heavy atom. The van der Waals surface area contributed by atoms with Crippen molar-refractivity contribution in [1.82, 2.24) is 5.32 Å². The second kappa shape index (κ2) is 6.45. The molecule has 0 aliphatic rings. The average molecular weight is 348 g/mol. The molecule has 0 bridgehead atoms. The molecule has 2 rings (SSSR count). The largest absolute Gasteiger partial charge is 0.452 e. The summed E-state index contributed by atoms with van der Waals surface area (Å²) < 4.78 is 46.2. The van der Waals surface area contributed by atoms with Crippen LogP contribution >= 0.6 is 15.9 Å². The van der Waals surface area contributed by atoms with Crippen LogP contribution < -0.4 is 5.32 Å². The minimum Gasteiger partial charge on any atom is -0.452 e. The van der Waals surface area contributed by atoms with Crippen LogP contribution in [0.25, 0.3) is 0 Å². The van der Waals surface area contributed by atoms with Crippen molar-refractivity contribution in [1.29, 1.82) is 0 Å². The molecule has 0 amide bonds. The van der Waals surface area contributed by atoms with Crippen LogP contribution in [-0.2, 0) is 0 Å². The van der Waals surface area contributed by atoms with Gasteiger partial charge in [0.1, 0.15) is 5.76 Å². The minimum atomic E-state index is -1.48. The Balaban J connectivity index is 2.43. The number of halogens is 4. The molecular weight excluding hydrogens is 335 g/mol. The van der Waals surface area contributed by atoms with Crippen LogP contribution in [0.15, 0.2) is 33.4 Å². The van der Waals surface area contributed by atoms with Crippen molar-refractivity contribution < 1.29 is 17.6 Å². The van der Waals surface area contributed by atoms with Gasteiger partial charge >= 0.3 is 0 Å². The Labute approximate surface area is 123 Å². The third-order valence-corrected chi connectivity index (χ3v) is 3.28. The van der Waals surface area contributed by atoms with Gasteiger partial charge in [0.05, 0.1) is 6.04 Å². The summed E-state index contributed by atoms with van der Waals surface area (Å²) in [6, 6.07) is 4.77. The summed E-state index contributed by atoms with van der Waals surface area (Å²) >= 11 is 3.16. The zero-order valence-corrected chi connectivity index (χ0v) is 12.3. The Bertz CT molecular complexity index is 600. The van der Waals surface area contributed by atoms with Crippen LogP contribution in [0.2, 0.25) is 0 Å². The van der Waals surface area contributed by atoms with Gasteiger partial charge in [-0.25, -0.2) is 13.2 Å². The fourth-order valence-corrected chi connectivity index (χ4v) is 2.22. The number of hydrogen-bond donors (Lipinski definition) is 1. The minimum absolute atomic E-state index is 0.0131. The first-order valence-electron chi connectivity index (χ1n) is 6.16. The molecule has 20 heavy (non-hydrogen) atoms. The zero-order valence-electron chi connectivity index (χ0n) is 10.7. The fraction of sp³-hybridized carbons (Fsp3) is 0.286. The maximum absolute atomic E-state index is 13.9. The smallest absolute Gasteiger partial charge is 0.194 e. The van der Waals surface area contributed by atoms with E-state index in [1.165, 1.54) is 6.07 Å². The average Bonchev–Trinajstić information content (AvgIpc) is 2.85. The second-order valence-corrected chi connectivity index (χ2v) is 5.08. The summed E-state index contributed by atoms with van der Waals surface area (Å²) in [5.41, 5.74) is 0.0131. The lowest BCUT2D eigenvalue weighted by Crippen LogP contribution is -2.24. The fourth-order valence-electron chi connectivity index (χ4n) is 1.90. The van der Waals surface area contributed by atoms with Gasteiger partial charge in [0.15, 0.2) is 22.1 Å². The summed E-state index contributed by atoms with van der Waals surface area (Å²) in [6.45, 7) is 2.53. The molecule has 2 nitrogen and oxygen atoms in total. The molecule has 0 fully saturated rings. The third kappa shape index (κ3) is 3.07. The molecule has 0 aliphatic heterocycles. The van der Waals surface area contributed by atoms with Crippen LogP contribution in [0.1, 0.15) is 30.7 Å². The highest BCUT2D eigenvalue weighted by Gasteiger charge is 2.24. The molecular formula is C14H13BrF3NO. The molecule has 108 valence electrons. The molecule has 0 aliphatic carbocycles. The van der Waals surface area contributed by atoms with Gasteiger partial charge in [0.25, 0.3) is 0 Å². The van der Waals surface area contributed by atoms with Crippen LogP contribution in [0.5, 0.6) is 0 Å². The third-order valence-electron chi connectivity index (χ3n) is 2.85. The topological polar surface area (TPSA) is 25.2 Å². The first-order chi connectivity index (χ1) is 9.54. The van der Waals surface area contributed by atoms with Crippen molar-refractivity contribution in [3.8, 4) is 0 Å². The van der Waals surface area contributed by atoms with Gasteiger partial charge in [-0.2, -0.15) is 0 Å². The summed E-state index contributed by atoms with van der Waals surface area (Å²) in [7, 11) is 0. The lowest BCUT2D eigenvalue weighted by atomic mass is 10.0. The molecule has 1 aromatic heterocycles. The van der Waals surface area contributed by atoms with Gasteiger partial charge in [-0.1, -0.05) is 13.0 Å². The molecule has 0 saturated heterocycles. The van der Waals surface area contributed by atoms with E-state index in [4.69, 9.17) is 4.42 Å². The van der Waals surface area contributed by atoms with Gasteiger partial charge in [-0.05, 0) is 47.1 Å². The monoisotopic (exact) mass is 347 g/mol. The van der Waals surface area contributed by atoms with E-state index in [0.717, 1.165) is 12.5 Å². The summed E-state index contributed by atoms with van der Waals surface area (Å²) in [6.07, 6.45) is 0.809. The highest BCUT2D eigenvalue weighted by molar-refractivity contribution is 9.10. The van der Waals surface area contributed by atoms with E-state index in [-0.39, 0.29) is 5.56 Å². The van der Waals surface area contributed by atoms with Gasteiger partial charge in [0.2, 0.25) is 0 Å². The predicted octanol–water partition coefficient (Wildman–Crippen LogP) is 4.55. The van der Waals surface area contributed by atoms with Crippen LogP contribution in [0.3, 0.4) is 0 Å². The summed E-state index contributed by atoms with van der Waals surface area (Å²) in [4.78, 5) is 0. The number of hydrogen-bond acceptors (Lipinski definition) is 2. The molecule has 0 spiro atoms. The summed E-state index contributed by atoms with van der Waals surface area (Å²) in [5.74, 6) is -3.46. The Kier molecular flexibility index (Phi) is 4.88. The Hall–Kier alpha value is -1.27. The van der Waals surface area contributed by atoms with E-state index in [0.29, 0.717) is 17.0 Å². The molecule has 0 saturated carbocycles. The van der Waals surface area contributed by atoms with E-state index in [1.807, 2.05) is 6.92 Å². The lowest BCUT2D eigenvalue weighted by Gasteiger charge is -2.17. The maximum atomic E-state index is 13.9. The van der Waals surface area contributed by atoms with E-state index in [1.54, 1.807) is 12.1 Å². The molecule has 0 radical (unpaired) electrons. The van der Waals surface area contributed by atoms with Crippen LogP contribution in [0.4, 0.5) is 13.2 Å². The van der Waals surface area contributed by atoms with Crippen molar-refractivity contribution >= 4 is 15.9 Å². The zero-order chi connectivity index (χ0) is 14.7. The highest BCUT2D eigenvalue weighted by Crippen LogP contribution is 2.29. The Morgan fingerprint density at radius 1 is 1.15 bits per heavy atom. The lowest BCUT2D eigenvalue weighted by molar-refractivity contribution is 0.403. The number of rotatable bonds is 5. The predicted molar refractivity (Wildman–Crippen MR) is 72.9 cm³/mol. The van der Waals surface area contributed by atoms with E-state index < -0.39 is 23.5 Å². The quantitative estimate of drug-likeness (QED) is 0.802. The van der Waals surface area contributed by atoms with E-state index >= 15 is 0 Å². The van der Waals surface area contributed by atoms with Crippen LogP contribution in [-0.4, -0.2) is 6.54 Å². The van der Waals surface area contributed by atoms with E-state index in [9.17, 15) is 13.2 Å². The molecule has 1 N–H and O–H groups in total. The first kappa shape index (κ1) is 15.1. The van der Waals surface area contributed by atoms with Crippen molar-refractivity contribution in [2.45, 2.75) is 19.4 Å². The highest BCUT2D eigenvalue weighted by atomic mass is 79.9. The van der Waals surface area contributed by atoms with Gasteiger partial charge < -0.3 is 9.73 Å². The molecule has 1 unspecified atom stereocenters. The number of furan rings is 1. The number of benzene rings is 1.